The van der Waals surface area contributed by atoms with E-state index in [0.717, 1.165) is 39.3 Å². The normalized spacial score (nSPS) is 11.5. The zero-order valence-corrected chi connectivity index (χ0v) is 34.0. The second-order valence-corrected chi connectivity index (χ2v) is 15.8. The SMILES string of the molecule is c1ccc(-c2cc(-c3ccc(-n4c5ccccc5c5cc(-c6ccc(C(c7ccccc7)(c7ccccc7)c7ccccc7)cc6)ccc54)cc3)nc(-c3ccccc3)n2)cc1. The largest absolute Gasteiger partial charge is 0.309 e. The van der Waals surface area contributed by atoms with Gasteiger partial charge in [0.15, 0.2) is 5.82 Å². The third-order valence-corrected chi connectivity index (χ3v) is 12.2. The molecule has 0 unspecified atom stereocenters. The van der Waals surface area contributed by atoms with Crippen LogP contribution in [0.15, 0.2) is 249 Å². The number of para-hydroxylation sites is 1. The summed E-state index contributed by atoms with van der Waals surface area (Å²) >= 11 is 0. The summed E-state index contributed by atoms with van der Waals surface area (Å²) in [6.07, 6.45) is 0. The van der Waals surface area contributed by atoms with Gasteiger partial charge in [-0.1, -0.05) is 212 Å². The molecule has 0 N–H and O–H groups in total. The van der Waals surface area contributed by atoms with Crippen molar-refractivity contribution in [1.82, 2.24) is 14.5 Å². The molecule has 11 aromatic rings. The monoisotopic (exact) mass is 791 g/mol. The van der Waals surface area contributed by atoms with Crippen molar-refractivity contribution < 1.29 is 0 Å². The van der Waals surface area contributed by atoms with E-state index in [0.29, 0.717) is 5.82 Å². The lowest BCUT2D eigenvalue weighted by Gasteiger charge is -2.37. The van der Waals surface area contributed by atoms with Gasteiger partial charge in [-0.05, 0) is 69.8 Å². The van der Waals surface area contributed by atoms with Crippen LogP contribution < -0.4 is 0 Å². The summed E-state index contributed by atoms with van der Waals surface area (Å²) in [5.74, 6) is 0.710. The highest BCUT2D eigenvalue weighted by atomic mass is 15.0. The Hall–Kier alpha value is -8.14. The molecule has 0 aliphatic heterocycles. The molecule has 62 heavy (non-hydrogen) atoms. The quantitative estimate of drug-likeness (QED) is 0.136. The first-order valence-corrected chi connectivity index (χ1v) is 21.2. The van der Waals surface area contributed by atoms with Gasteiger partial charge in [-0.3, -0.25) is 0 Å². The second kappa shape index (κ2) is 15.8. The summed E-state index contributed by atoms with van der Waals surface area (Å²) in [4.78, 5) is 10.1. The summed E-state index contributed by atoms with van der Waals surface area (Å²) in [5, 5.41) is 2.44. The third kappa shape index (κ3) is 6.48. The minimum Gasteiger partial charge on any atom is -0.309 e. The Morgan fingerprint density at radius 2 is 0.710 bits per heavy atom. The van der Waals surface area contributed by atoms with E-state index in [9.17, 15) is 0 Å². The fourth-order valence-electron chi connectivity index (χ4n) is 9.26. The molecule has 0 amide bonds. The number of benzene rings is 9. The highest BCUT2D eigenvalue weighted by Crippen LogP contribution is 2.46. The fourth-order valence-corrected chi connectivity index (χ4v) is 9.26. The molecule has 0 saturated carbocycles. The fraction of sp³-hybridized carbons (Fsp3) is 0.0169. The maximum Gasteiger partial charge on any atom is 0.160 e. The highest BCUT2D eigenvalue weighted by Gasteiger charge is 2.38. The van der Waals surface area contributed by atoms with E-state index in [1.165, 1.54) is 49.7 Å². The zero-order chi connectivity index (χ0) is 41.3. The van der Waals surface area contributed by atoms with Crippen LogP contribution in [0.25, 0.3) is 72.5 Å². The van der Waals surface area contributed by atoms with Gasteiger partial charge in [0.05, 0.1) is 27.8 Å². The average Bonchev–Trinajstić information content (AvgIpc) is 3.69. The van der Waals surface area contributed by atoms with Crippen LogP contribution >= 0.6 is 0 Å². The first kappa shape index (κ1) is 36.9. The van der Waals surface area contributed by atoms with Gasteiger partial charge in [0.2, 0.25) is 0 Å². The molecule has 9 aromatic carbocycles. The molecule has 3 nitrogen and oxygen atoms in total. The summed E-state index contributed by atoms with van der Waals surface area (Å²) in [6, 6.07) is 88.9. The van der Waals surface area contributed by atoms with Gasteiger partial charge in [-0.25, -0.2) is 9.97 Å². The molecular formula is C59H41N3. The molecule has 2 heterocycles. The van der Waals surface area contributed by atoms with Crippen LogP contribution in [0.2, 0.25) is 0 Å². The van der Waals surface area contributed by atoms with Crippen LogP contribution in [-0.2, 0) is 5.41 Å². The highest BCUT2D eigenvalue weighted by molar-refractivity contribution is 6.10. The van der Waals surface area contributed by atoms with Gasteiger partial charge in [-0.2, -0.15) is 0 Å². The summed E-state index contributed by atoms with van der Waals surface area (Å²) in [6.45, 7) is 0. The molecule has 0 saturated heterocycles. The van der Waals surface area contributed by atoms with E-state index < -0.39 is 5.41 Å². The van der Waals surface area contributed by atoms with E-state index in [4.69, 9.17) is 9.97 Å². The van der Waals surface area contributed by atoms with Gasteiger partial charge >= 0.3 is 0 Å². The van der Waals surface area contributed by atoms with Crippen LogP contribution in [0.4, 0.5) is 0 Å². The van der Waals surface area contributed by atoms with Crippen molar-refractivity contribution in [3.8, 4) is 50.7 Å². The Kier molecular flexibility index (Phi) is 9.40. The number of nitrogens with zero attached hydrogens (tertiary/aromatic N) is 3. The molecule has 0 aliphatic carbocycles. The Morgan fingerprint density at radius 1 is 0.290 bits per heavy atom. The molecular weight excluding hydrogens is 751 g/mol. The van der Waals surface area contributed by atoms with Crippen molar-refractivity contribution in [1.29, 1.82) is 0 Å². The first-order chi connectivity index (χ1) is 30.7. The predicted octanol–water partition coefficient (Wildman–Crippen LogP) is 14.6. The second-order valence-electron chi connectivity index (χ2n) is 15.8. The Balaban J connectivity index is 0.982. The van der Waals surface area contributed by atoms with Crippen LogP contribution in [0.3, 0.4) is 0 Å². The summed E-state index contributed by atoms with van der Waals surface area (Å²) < 4.78 is 2.38. The van der Waals surface area contributed by atoms with E-state index in [-0.39, 0.29) is 0 Å². The van der Waals surface area contributed by atoms with E-state index in [1.54, 1.807) is 0 Å². The molecule has 0 atom stereocenters. The lowest BCUT2D eigenvalue weighted by molar-refractivity contribution is 0.745. The van der Waals surface area contributed by atoms with E-state index >= 15 is 0 Å². The maximum absolute atomic E-state index is 5.08. The molecule has 0 aliphatic rings. The number of fused-ring (bicyclic) bond motifs is 3. The van der Waals surface area contributed by atoms with Gasteiger partial charge in [0.1, 0.15) is 0 Å². The van der Waals surface area contributed by atoms with Crippen LogP contribution in [0.5, 0.6) is 0 Å². The lowest BCUT2D eigenvalue weighted by atomic mass is 9.65. The van der Waals surface area contributed by atoms with Gasteiger partial charge in [0, 0.05) is 33.2 Å². The molecule has 292 valence electrons. The topological polar surface area (TPSA) is 30.7 Å². The third-order valence-electron chi connectivity index (χ3n) is 12.2. The van der Waals surface area contributed by atoms with Gasteiger partial charge in [-0.15, -0.1) is 0 Å². The number of aromatic nitrogens is 3. The smallest absolute Gasteiger partial charge is 0.160 e. The van der Waals surface area contributed by atoms with Gasteiger partial charge < -0.3 is 4.57 Å². The van der Waals surface area contributed by atoms with Crippen molar-refractivity contribution in [2.24, 2.45) is 0 Å². The number of hydrogen-bond donors (Lipinski definition) is 0. The van der Waals surface area contributed by atoms with Crippen molar-refractivity contribution >= 4 is 21.8 Å². The van der Waals surface area contributed by atoms with Crippen LogP contribution in [0, 0.1) is 0 Å². The lowest BCUT2D eigenvalue weighted by Crippen LogP contribution is -2.30. The first-order valence-electron chi connectivity index (χ1n) is 21.2. The molecule has 0 radical (unpaired) electrons. The molecule has 2 aromatic heterocycles. The molecule has 3 heteroatoms. The van der Waals surface area contributed by atoms with Crippen molar-refractivity contribution in [2.45, 2.75) is 5.41 Å². The van der Waals surface area contributed by atoms with Crippen molar-refractivity contribution in [2.75, 3.05) is 0 Å². The Morgan fingerprint density at radius 3 is 1.27 bits per heavy atom. The van der Waals surface area contributed by atoms with Crippen LogP contribution in [0.1, 0.15) is 22.3 Å². The Labute approximate surface area is 361 Å². The maximum atomic E-state index is 5.08. The molecule has 11 rings (SSSR count). The summed E-state index contributed by atoms with van der Waals surface area (Å²) in [5.41, 5.74) is 15.1. The standard InChI is InChI=1S/C59H41N3/c1-6-18-43(19-7-1)54-41-55(61-58(60-54)45-20-8-2-9-21-45)44-32-37-51(38-33-44)62-56-29-17-16-28-52(56)53-40-46(34-39-57(53)62)42-30-35-50(36-31-42)59(47-22-10-3-11-23-47,48-24-12-4-13-25-48)49-26-14-5-15-27-49/h1-41H. The molecule has 0 bridgehead atoms. The van der Waals surface area contributed by atoms with Crippen molar-refractivity contribution in [3.05, 3.63) is 271 Å². The summed E-state index contributed by atoms with van der Waals surface area (Å²) in [7, 11) is 0. The number of rotatable bonds is 9. The van der Waals surface area contributed by atoms with E-state index in [1.807, 2.05) is 36.4 Å². The minimum atomic E-state index is -0.489. The number of hydrogen-bond acceptors (Lipinski definition) is 2. The predicted molar refractivity (Wildman–Crippen MR) is 256 cm³/mol. The zero-order valence-electron chi connectivity index (χ0n) is 34.0. The van der Waals surface area contributed by atoms with E-state index in [2.05, 4.69) is 217 Å². The average molecular weight is 792 g/mol. The molecule has 0 spiro atoms. The minimum absolute atomic E-state index is 0.489. The molecule has 0 fully saturated rings. The van der Waals surface area contributed by atoms with Crippen LogP contribution in [-0.4, -0.2) is 14.5 Å². The van der Waals surface area contributed by atoms with Gasteiger partial charge in [0.25, 0.3) is 0 Å². The van der Waals surface area contributed by atoms with Crippen molar-refractivity contribution in [3.63, 3.8) is 0 Å². The Bertz CT molecular complexity index is 3130.